The molecular formula is C13H10N2O4. The number of furan rings is 1. The first kappa shape index (κ1) is 12.6. The molecule has 0 saturated carbocycles. The van der Waals surface area contributed by atoms with E-state index in [2.05, 4.69) is 10.5 Å². The summed E-state index contributed by atoms with van der Waals surface area (Å²) in [6, 6.07) is 9.42. The van der Waals surface area contributed by atoms with Crippen molar-refractivity contribution in [2.75, 3.05) is 0 Å². The molecular weight excluding hydrogens is 248 g/mol. The molecule has 96 valence electrons. The van der Waals surface area contributed by atoms with E-state index in [1.165, 1.54) is 24.6 Å². The second-order valence-corrected chi connectivity index (χ2v) is 3.57. The Balaban J connectivity index is 2.07. The maximum Gasteiger partial charge on any atom is 0.336 e. The Morgan fingerprint density at radius 1 is 1.21 bits per heavy atom. The molecule has 0 aliphatic heterocycles. The fourth-order valence-electron chi connectivity index (χ4n) is 1.43. The highest BCUT2D eigenvalue weighted by atomic mass is 16.4. The Bertz CT molecular complexity index is 617. The molecule has 0 spiro atoms. The molecule has 0 atom stereocenters. The monoisotopic (exact) mass is 258 g/mol. The minimum Gasteiger partial charge on any atom is -0.478 e. The normalized spacial score (nSPS) is 10.5. The number of hydrogen-bond acceptors (Lipinski definition) is 4. The van der Waals surface area contributed by atoms with E-state index in [0.29, 0.717) is 5.56 Å². The molecule has 0 fully saturated rings. The van der Waals surface area contributed by atoms with Gasteiger partial charge in [-0.15, -0.1) is 0 Å². The topological polar surface area (TPSA) is 91.9 Å². The van der Waals surface area contributed by atoms with Crippen molar-refractivity contribution >= 4 is 18.1 Å². The lowest BCUT2D eigenvalue weighted by Gasteiger charge is -1.99. The first-order valence-corrected chi connectivity index (χ1v) is 5.37. The molecule has 6 heteroatoms. The Hall–Kier alpha value is -2.89. The molecule has 0 aliphatic rings. The molecule has 0 bridgehead atoms. The third-order valence-corrected chi connectivity index (χ3v) is 2.31. The molecule has 2 aromatic rings. The van der Waals surface area contributed by atoms with Gasteiger partial charge >= 0.3 is 11.9 Å². The van der Waals surface area contributed by atoms with Crippen LogP contribution in [0.5, 0.6) is 0 Å². The van der Waals surface area contributed by atoms with Crippen LogP contribution in [0.1, 0.15) is 26.5 Å². The summed E-state index contributed by atoms with van der Waals surface area (Å²) < 4.78 is 4.88. The lowest BCUT2D eigenvalue weighted by Crippen LogP contribution is -2.17. The Morgan fingerprint density at radius 2 is 2.00 bits per heavy atom. The van der Waals surface area contributed by atoms with Gasteiger partial charge in [0.25, 0.3) is 0 Å². The summed E-state index contributed by atoms with van der Waals surface area (Å²) in [5, 5.41) is 12.7. The second-order valence-electron chi connectivity index (χ2n) is 3.57. The summed E-state index contributed by atoms with van der Waals surface area (Å²) >= 11 is 0. The van der Waals surface area contributed by atoms with Gasteiger partial charge in [-0.05, 0) is 18.2 Å². The van der Waals surface area contributed by atoms with E-state index in [0.717, 1.165) is 0 Å². The standard InChI is InChI=1S/C13H10N2O4/c16-12(11-6-3-7-19-11)15-14-8-9-4-1-2-5-10(9)13(17)18/h1-8H,(H,15,16)(H,17,18)/b14-8-. The van der Waals surface area contributed by atoms with Crippen molar-refractivity contribution in [3.05, 3.63) is 59.5 Å². The van der Waals surface area contributed by atoms with Crippen LogP contribution in [0.15, 0.2) is 52.2 Å². The Labute approximate surface area is 108 Å². The van der Waals surface area contributed by atoms with Crippen molar-refractivity contribution in [2.24, 2.45) is 5.10 Å². The molecule has 2 rings (SSSR count). The molecule has 6 nitrogen and oxygen atoms in total. The van der Waals surface area contributed by atoms with Gasteiger partial charge in [-0.3, -0.25) is 4.79 Å². The summed E-state index contributed by atoms with van der Waals surface area (Å²) in [6.45, 7) is 0. The van der Waals surface area contributed by atoms with Gasteiger partial charge in [0.05, 0.1) is 18.0 Å². The summed E-state index contributed by atoms with van der Waals surface area (Å²) in [5.41, 5.74) is 2.75. The smallest absolute Gasteiger partial charge is 0.336 e. The molecule has 1 amide bonds. The zero-order chi connectivity index (χ0) is 13.7. The van der Waals surface area contributed by atoms with Crippen LogP contribution in [0, 0.1) is 0 Å². The maximum absolute atomic E-state index is 11.5. The molecule has 1 aromatic carbocycles. The maximum atomic E-state index is 11.5. The first-order chi connectivity index (χ1) is 9.18. The number of carboxylic acids is 1. The number of nitrogens with zero attached hydrogens (tertiary/aromatic N) is 1. The molecule has 2 N–H and O–H groups in total. The van der Waals surface area contributed by atoms with Crippen molar-refractivity contribution in [3.63, 3.8) is 0 Å². The third kappa shape index (κ3) is 3.06. The van der Waals surface area contributed by atoms with E-state index in [-0.39, 0.29) is 11.3 Å². The summed E-state index contributed by atoms with van der Waals surface area (Å²) in [5.74, 6) is -1.43. The lowest BCUT2D eigenvalue weighted by molar-refractivity contribution is 0.0696. The number of hydrogen-bond donors (Lipinski definition) is 2. The molecule has 0 aliphatic carbocycles. The minimum atomic E-state index is -1.06. The average molecular weight is 258 g/mol. The van der Waals surface area contributed by atoms with E-state index in [4.69, 9.17) is 9.52 Å². The lowest BCUT2D eigenvalue weighted by atomic mass is 10.1. The van der Waals surface area contributed by atoms with E-state index >= 15 is 0 Å². The van der Waals surface area contributed by atoms with Crippen LogP contribution in [0.3, 0.4) is 0 Å². The number of carboxylic acid groups (broad SMARTS) is 1. The van der Waals surface area contributed by atoms with Crippen molar-refractivity contribution < 1.29 is 19.1 Å². The Morgan fingerprint density at radius 3 is 2.68 bits per heavy atom. The first-order valence-electron chi connectivity index (χ1n) is 5.37. The van der Waals surface area contributed by atoms with Gasteiger partial charge in [0, 0.05) is 5.56 Å². The molecule has 19 heavy (non-hydrogen) atoms. The number of carbonyl (C=O) groups is 2. The molecule has 1 aromatic heterocycles. The molecule has 0 saturated heterocycles. The SMILES string of the molecule is O=C(N/N=C\c1ccccc1C(=O)O)c1ccco1. The van der Waals surface area contributed by atoms with Crippen LogP contribution in [0.4, 0.5) is 0 Å². The van der Waals surface area contributed by atoms with Gasteiger partial charge in [0.15, 0.2) is 5.76 Å². The number of aromatic carboxylic acids is 1. The van der Waals surface area contributed by atoms with E-state index in [1.54, 1.807) is 24.3 Å². The van der Waals surface area contributed by atoms with Crippen LogP contribution in [0.2, 0.25) is 0 Å². The predicted octanol–water partition coefficient (Wildman–Crippen LogP) is 1.74. The second kappa shape index (κ2) is 5.63. The van der Waals surface area contributed by atoms with Crippen molar-refractivity contribution in [1.82, 2.24) is 5.43 Å². The van der Waals surface area contributed by atoms with Crippen molar-refractivity contribution in [1.29, 1.82) is 0 Å². The third-order valence-electron chi connectivity index (χ3n) is 2.31. The highest BCUT2D eigenvalue weighted by Crippen LogP contribution is 2.06. The summed E-state index contributed by atoms with van der Waals surface area (Å²) in [4.78, 5) is 22.4. The molecule has 0 unspecified atom stereocenters. The predicted molar refractivity (Wildman–Crippen MR) is 67.2 cm³/mol. The largest absolute Gasteiger partial charge is 0.478 e. The molecule has 0 radical (unpaired) electrons. The summed E-state index contributed by atoms with van der Waals surface area (Å²) in [7, 11) is 0. The quantitative estimate of drug-likeness (QED) is 0.645. The van der Waals surface area contributed by atoms with Crippen LogP contribution in [-0.4, -0.2) is 23.2 Å². The highest BCUT2D eigenvalue weighted by Gasteiger charge is 2.08. The number of amides is 1. The number of rotatable bonds is 4. The van der Waals surface area contributed by atoms with Crippen molar-refractivity contribution in [3.8, 4) is 0 Å². The summed E-state index contributed by atoms with van der Waals surface area (Å²) in [6.07, 6.45) is 2.64. The number of nitrogens with one attached hydrogen (secondary N) is 1. The number of hydrazone groups is 1. The van der Waals surface area contributed by atoms with Crippen LogP contribution < -0.4 is 5.43 Å². The van der Waals surface area contributed by atoms with Gasteiger partial charge in [-0.2, -0.15) is 5.10 Å². The van der Waals surface area contributed by atoms with Crippen LogP contribution >= 0.6 is 0 Å². The van der Waals surface area contributed by atoms with Gasteiger partial charge in [0.2, 0.25) is 0 Å². The zero-order valence-electron chi connectivity index (χ0n) is 9.74. The fourth-order valence-corrected chi connectivity index (χ4v) is 1.43. The van der Waals surface area contributed by atoms with E-state index in [1.807, 2.05) is 0 Å². The van der Waals surface area contributed by atoms with Crippen molar-refractivity contribution in [2.45, 2.75) is 0 Å². The minimum absolute atomic E-state index is 0.110. The fraction of sp³-hybridized carbons (Fsp3) is 0. The van der Waals surface area contributed by atoms with Gasteiger partial charge in [0.1, 0.15) is 0 Å². The zero-order valence-corrected chi connectivity index (χ0v) is 9.74. The number of benzene rings is 1. The number of carbonyl (C=O) groups excluding carboxylic acids is 1. The Kier molecular flexibility index (Phi) is 3.72. The average Bonchev–Trinajstić information content (AvgIpc) is 2.93. The van der Waals surface area contributed by atoms with E-state index in [9.17, 15) is 9.59 Å². The van der Waals surface area contributed by atoms with Gasteiger partial charge in [-0.25, -0.2) is 10.2 Å². The van der Waals surface area contributed by atoms with Gasteiger partial charge < -0.3 is 9.52 Å². The van der Waals surface area contributed by atoms with Crippen LogP contribution in [-0.2, 0) is 0 Å². The molecule has 1 heterocycles. The highest BCUT2D eigenvalue weighted by molar-refractivity contribution is 5.99. The van der Waals surface area contributed by atoms with E-state index < -0.39 is 11.9 Å². The van der Waals surface area contributed by atoms with Gasteiger partial charge in [-0.1, -0.05) is 18.2 Å². The van der Waals surface area contributed by atoms with Crippen LogP contribution in [0.25, 0.3) is 0 Å².